The smallest absolute Gasteiger partial charge is 0.191 e. The van der Waals surface area contributed by atoms with E-state index >= 15 is 0 Å². The Balaban J connectivity index is 2.26. The van der Waals surface area contributed by atoms with Gasteiger partial charge < -0.3 is 16.0 Å². The van der Waals surface area contributed by atoms with Crippen LogP contribution in [0.2, 0.25) is 0 Å². The van der Waals surface area contributed by atoms with E-state index in [4.69, 9.17) is 0 Å². The molecule has 19 heavy (non-hydrogen) atoms. The lowest BCUT2D eigenvalue weighted by atomic mass is 10.1. The van der Waals surface area contributed by atoms with E-state index in [9.17, 15) is 0 Å². The van der Waals surface area contributed by atoms with Gasteiger partial charge in [-0.05, 0) is 44.7 Å². The molecule has 1 rings (SSSR count). The molecule has 0 bridgehead atoms. The zero-order chi connectivity index (χ0) is 14.3. The number of guanidine groups is 1. The molecule has 0 saturated carbocycles. The van der Waals surface area contributed by atoms with Crippen molar-refractivity contribution in [3.8, 4) is 0 Å². The summed E-state index contributed by atoms with van der Waals surface area (Å²) in [7, 11) is 1.80. The van der Waals surface area contributed by atoms with Crippen molar-refractivity contribution >= 4 is 17.3 Å². The molecule has 1 aromatic heterocycles. The van der Waals surface area contributed by atoms with Gasteiger partial charge in [0.15, 0.2) is 5.96 Å². The monoisotopic (exact) mass is 282 g/mol. The van der Waals surface area contributed by atoms with Crippen LogP contribution in [-0.2, 0) is 6.54 Å². The first-order valence-corrected chi connectivity index (χ1v) is 7.53. The molecule has 4 nitrogen and oxygen atoms in total. The van der Waals surface area contributed by atoms with Crippen LogP contribution in [0.5, 0.6) is 0 Å². The average Bonchev–Trinajstić information content (AvgIpc) is 2.73. The predicted molar refractivity (Wildman–Crippen MR) is 85.0 cm³/mol. The maximum Gasteiger partial charge on any atom is 0.191 e. The quantitative estimate of drug-likeness (QED) is 0.440. The van der Waals surface area contributed by atoms with E-state index in [0.717, 1.165) is 25.6 Å². The molecule has 0 aliphatic rings. The summed E-state index contributed by atoms with van der Waals surface area (Å²) in [4.78, 5) is 5.58. The Bertz CT molecular complexity index is 404. The second-order valence-corrected chi connectivity index (χ2v) is 6.56. The van der Waals surface area contributed by atoms with Gasteiger partial charge in [-0.1, -0.05) is 0 Å². The lowest BCUT2D eigenvalue weighted by Gasteiger charge is -2.21. The Kier molecular flexibility index (Phi) is 6.31. The highest BCUT2D eigenvalue weighted by molar-refractivity contribution is 7.10. The van der Waals surface area contributed by atoms with Crippen molar-refractivity contribution in [3.05, 3.63) is 21.9 Å². The molecule has 5 heteroatoms. The van der Waals surface area contributed by atoms with Crippen LogP contribution >= 0.6 is 11.3 Å². The van der Waals surface area contributed by atoms with Crippen LogP contribution in [0.1, 0.15) is 31.2 Å². The number of nitrogens with zero attached hydrogens (tertiary/aromatic N) is 1. The summed E-state index contributed by atoms with van der Waals surface area (Å²) in [5.41, 5.74) is 1.49. The predicted octanol–water partition coefficient (Wildman–Crippen LogP) is 2.11. The molecule has 0 amide bonds. The maximum absolute atomic E-state index is 4.22. The number of hydrogen-bond acceptors (Lipinski definition) is 3. The van der Waals surface area contributed by atoms with Crippen molar-refractivity contribution in [2.24, 2.45) is 4.99 Å². The number of aliphatic imine (C=N–C) groups is 1. The highest BCUT2D eigenvalue weighted by atomic mass is 32.1. The summed E-state index contributed by atoms with van der Waals surface area (Å²) in [5, 5.41) is 12.2. The van der Waals surface area contributed by atoms with Gasteiger partial charge in [0.05, 0.1) is 6.54 Å². The van der Waals surface area contributed by atoms with E-state index < -0.39 is 0 Å². The summed E-state index contributed by atoms with van der Waals surface area (Å²) in [6.07, 6.45) is 0. The van der Waals surface area contributed by atoms with Gasteiger partial charge in [0.25, 0.3) is 0 Å². The van der Waals surface area contributed by atoms with Gasteiger partial charge in [-0.25, -0.2) is 0 Å². The van der Waals surface area contributed by atoms with E-state index in [1.807, 2.05) is 0 Å². The van der Waals surface area contributed by atoms with Crippen molar-refractivity contribution < 1.29 is 0 Å². The molecule has 108 valence electrons. The van der Waals surface area contributed by atoms with Crippen molar-refractivity contribution in [2.45, 2.75) is 39.8 Å². The molecule has 1 heterocycles. The first kappa shape index (κ1) is 16.0. The van der Waals surface area contributed by atoms with E-state index in [1.165, 1.54) is 10.4 Å². The summed E-state index contributed by atoms with van der Waals surface area (Å²) in [6.45, 7) is 11.2. The van der Waals surface area contributed by atoms with Gasteiger partial charge in [-0.15, -0.1) is 11.3 Å². The molecule has 0 aromatic carbocycles. The number of nitrogens with one attached hydrogen (secondary N) is 3. The first-order valence-electron chi connectivity index (χ1n) is 6.65. The second kappa shape index (κ2) is 7.50. The van der Waals surface area contributed by atoms with Gasteiger partial charge in [-0.3, -0.25) is 4.99 Å². The van der Waals surface area contributed by atoms with Crippen LogP contribution in [0, 0.1) is 6.92 Å². The Morgan fingerprint density at radius 1 is 1.26 bits per heavy atom. The van der Waals surface area contributed by atoms with Crippen LogP contribution in [-0.4, -0.2) is 31.6 Å². The zero-order valence-electron chi connectivity index (χ0n) is 12.6. The van der Waals surface area contributed by atoms with Crippen molar-refractivity contribution in [1.82, 2.24) is 16.0 Å². The van der Waals surface area contributed by atoms with Crippen LogP contribution < -0.4 is 16.0 Å². The van der Waals surface area contributed by atoms with E-state index in [1.54, 1.807) is 18.4 Å². The van der Waals surface area contributed by atoms with E-state index in [2.05, 4.69) is 60.1 Å². The summed E-state index contributed by atoms with van der Waals surface area (Å²) in [5.74, 6) is 0.850. The van der Waals surface area contributed by atoms with Crippen molar-refractivity contribution in [2.75, 3.05) is 20.1 Å². The number of rotatable bonds is 5. The molecule has 0 fully saturated rings. The minimum atomic E-state index is 0.159. The molecular weight excluding hydrogens is 256 g/mol. The Labute approximate surface area is 120 Å². The Morgan fingerprint density at radius 3 is 2.53 bits per heavy atom. The van der Waals surface area contributed by atoms with Crippen molar-refractivity contribution in [1.29, 1.82) is 0 Å². The lowest BCUT2D eigenvalue weighted by molar-refractivity contribution is 0.428. The van der Waals surface area contributed by atoms with Crippen molar-refractivity contribution in [3.63, 3.8) is 0 Å². The molecule has 1 aromatic rings. The number of aryl methyl sites for hydroxylation is 1. The highest BCUT2D eigenvalue weighted by Crippen LogP contribution is 2.14. The second-order valence-electron chi connectivity index (χ2n) is 5.56. The first-order chi connectivity index (χ1) is 8.92. The zero-order valence-corrected chi connectivity index (χ0v) is 13.4. The summed E-state index contributed by atoms with van der Waals surface area (Å²) < 4.78 is 0. The molecule has 0 radical (unpaired) electrons. The fourth-order valence-electron chi connectivity index (χ4n) is 1.59. The maximum atomic E-state index is 4.22. The molecule has 0 aliphatic heterocycles. The van der Waals surface area contributed by atoms with Crippen LogP contribution in [0.15, 0.2) is 16.4 Å². The summed E-state index contributed by atoms with van der Waals surface area (Å²) >= 11 is 1.78. The third kappa shape index (κ3) is 6.59. The third-order valence-corrected chi connectivity index (χ3v) is 3.70. The average molecular weight is 282 g/mol. The largest absolute Gasteiger partial charge is 0.355 e. The van der Waals surface area contributed by atoms with Gasteiger partial charge in [0, 0.05) is 30.6 Å². The minimum absolute atomic E-state index is 0.159. The van der Waals surface area contributed by atoms with Crippen LogP contribution in [0.4, 0.5) is 0 Å². The minimum Gasteiger partial charge on any atom is -0.355 e. The molecule has 0 saturated heterocycles. The van der Waals surface area contributed by atoms with Gasteiger partial charge >= 0.3 is 0 Å². The van der Waals surface area contributed by atoms with Gasteiger partial charge in [0.1, 0.15) is 0 Å². The Morgan fingerprint density at radius 2 is 2.00 bits per heavy atom. The highest BCUT2D eigenvalue weighted by Gasteiger charge is 2.07. The van der Waals surface area contributed by atoms with Gasteiger partial charge in [-0.2, -0.15) is 0 Å². The standard InChI is InChI=1S/C14H26N4S/c1-11-6-9-19-12(11)10-17-13(15-5)16-7-8-18-14(2,3)4/h6,9,18H,7-8,10H2,1-5H3,(H2,15,16,17). The van der Waals surface area contributed by atoms with E-state index in [-0.39, 0.29) is 5.54 Å². The molecular formula is C14H26N4S. The van der Waals surface area contributed by atoms with E-state index in [0.29, 0.717) is 0 Å². The number of hydrogen-bond donors (Lipinski definition) is 3. The van der Waals surface area contributed by atoms with Crippen LogP contribution in [0.3, 0.4) is 0 Å². The molecule has 0 spiro atoms. The topological polar surface area (TPSA) is 48.5 Å². The Hall–Kier alpha value is -1.07. The molecule has 3 N–H and O–H groups in total. The molecule has 0 unspecified atom stereocenters. The fourth-order valence-corrected chi connectivity index (χ4v) is 2.43. The molecule has 0 atom stereocenters. The normalized spacial score (nSPS) is 12.6. The van der Waals surface area contributed by atoms with Gasteiger partial charge in [0.2, 0.25) is 0 Å². The third-order valence-electron chi connectivity index (χ3n) is 2.68. The van der Waals surface area contributed by atoms with Crippen LogP contribution in [0.25, 0.3) is 0 Å². The fraction of sp³-hybridized carbons (Fsp3) is 0.643. The SMILES string of the molecule is CN=C(NCCNC(C)(C)C)NCc1sccc1C. The number of thiophene rings is 1. The molecule has 0 aliphatic carbocycles. The summed E-state index contributed by atoms with van der Waals surface area (Å²) in [6, 6.07) is 2.14. The lowest BCUT2D eigenvalue weighted by Crippen LogP contribution is -2.44.